The quantitative estimate of drug-likeness (QED) is 0.498. The van der Waals surface area contributed by atoms with Crippen LogP contribution >= 0.6 is 0 Å². The van der Waals surface area contributed by atoms with Crippen molar-refractivity contribution >= 4 is 5.91 Å². The van der Waals surface area contributed by atoms with Gasteiger partial charge in [0.25, 0.3) is 0 Å². The topological polar surface area (TPSA) is 81.6 Å². The van der Waals surface area contributed by atoms with Gasteiger partial charge < -0.3 is 20.8 Å². The van der Waals surface area contributed by atoms with Crippen molar-refractivity contribution in [3.8, 4) is 0 Å². The molecule has 1 aliphatic rings. The maximum Gasteiger partial charge on any atom is 0.416 e. The predicted molar refractivity (Wildman–Crippen MR) is 47.5 cm³/mol. The number of carbonyl (C=O) groups is 1. The number of rotatable bonds is 3. The molecule has 16 heavy (non-hydrogen) atoms. The molecule has 1 rings (SSSR count). The lowest BCUT2D eigenvalue weighted by Crippen LogP contribution is -2.46. The number of hydrogen-bond donors (Lipinski definition) is 4. The van der Waals surface area contributed by atoms with E-state index in [0.717, 1.165) is 0 Å². The molecule has 0 bridgehead atoms. The van der Waals surface area contributed by atoms with Crippen LogP contribution in [-0.2, 0) is 4.79 Å². The molecule has 4 N–H and O–H groups in total. The summed E-state index contributed by atoms with van der Waals surface area (Å²) in [5.74, 6) is -0.653. The molecule has 5 nitrogen and oxygen atoms in total. The zero-order chi connectivity index (χ0) is 12.3. The number of hydrogen-bond acceptors (Lipinski definition) is 4. The lowest BCUT2D eigenvalue weighted by Gasteiger charge is -2.16. The molecule has 1 fully saturated rings. The molecular weight excluding hydrogens is 229 g/mol. The number of aliphatic hydroxyl groups is 2. The summed E-state index contributed by atoms with van der Waals surface area (Å²) in [6.45, 7) is -0.642. The molecule has 1 saturated heterocycles. The SMILES string of the molecule is O=C(NCC(O)C(F)(F)F)C1CC(O)CN1. The van der Waals surface area contributed by atoms with E-state index in [-0.39, 0.29) is 13.0 Å². The largest absolute Gasteiger partial charge is 0.416 e. The summed E-state index contributed by atoms with van der Waals surface area (Å²) >= 11 is 0. The maximum absolute atomic E-state index is 11.9. The van der Waals surface area contributed by atoms with Gasteiger partial charge in [-0.05, 0) is 6.42 Å². The zero-order valence-corrected chi connectivity index (χ0v) is 8.29. The molecule has 0 saturated carbocycles. The molecule has 8 heteroatoms. The Labute approximate surface area is 89.6 Å². The van der Waals surface area contributed by atoms with Crippen molar-refractivity contribution in [2.24, 2.45) is 0 Å². The van der Waals surface area contributed by atoms with Gasteiger partial charge in [0.1, 0.15) is 0 Å². The molecule has 0 spiro atoms. The highest BCUT2D eigenvalue weighted by molar-refractivity contribution is 5.82. The third-order valence-corrected chi connectivity index (χ3v) is 2.27. The maximum atomic E-state index is 11.9. The Morgan fingerprint density at radius 1 is 1.56 bits per heavy atom. The molecule has 1 heterocycles. The van der Waals surface area contributed by atoms with Crippen LogP contribution in [-0.4, -0.2) is 53.6 Å². The Hall–Kier alpha value is -0.860. The lowest BCUT2D eigenvalue weighted by atomic mass is 10.2. The summed E-state index contributed by atoms with van der Waals surface area (Å²) in [4.78, 5) is 11.3. The van der Waals surface area contributed by atoms with Crippen LogP contribution in [0.1, 0.15) is 6.42 Å². The second kappa shape index (κ2) is 4.98. The van der Waals surface area contributed by atoms with Crippen LogP contribution in [0.15, 0.2) is 0 Å². The van der Waals surface area contributed by atoms with Crippen LogP contribution in [0.2, 0.25) is 0 Å². The summed E-state index contributed by atoms with van der Waals surface area (Å²) < 4.78 is 35.6. The third-order valence-electron chi connectivity index (χ3n) is 2.27. The first kappa shape index (κ1) is 13.2. The minimum absolute atomic E-state index is 0.161. The van der Waals surface area contributed by atoms with Crippen molar-refractivity contribution in [1.82, 2.24) is 10.6 Å². The van der Waals surface area contributed by atoms with E-state index < -0.39 is 36.9 Å². The monoisotopic (exact) mass is 242 g/mol. The Bertz CT molecular complexity index is 259. The van der Waals surface area contributed by atoms with E-state index in [1.54, 1.807) is 0 Å². The number of β-amino-alcohol motifs (C(OH)–C–C–N with tert-alkyl or cyclic N) is 1. The zero-order valence-electron chi connectivity index (χ0n) is 8.29. The third kappa shape index (κ3) is 3.62. The van der Waals surface area contributed by atoms with E-state index in [4.69, 9.17) is 10.2 Å². The van der Waals surface area contributed by atoms with Gasteiger partial charge in [0, 0.05) is 6.54 Å². The summed E-state index contributed by atoms with van der Waals surface area (Å²) in [5.41, 5.74) is 0. The van der Waals surface area contributed by atoms with Gasteiger partial charge in [-0.15, -0.1) is 0 Å². The first-order valence-corrected chi connectivity index (χ1v) is 4.74. The molecule has 0 radical (unpaired) electrons. The minimum Gasteiger partial charge on any atom is -0.392 e. The summed E-state index contributed by atoms with van der Waals surface area (Å²) in [6.07, 6.45) is -7.81. The highest BCUT2D eigenvalue weighted by Crippen LogP contribution is 2.19. The summed E-state index contributed by atoms with van der Waals surface area (Å²) in [6, 6.07) is -0.699. The van der Waals surface area contributed by atoms with Crippen molar-refractivity contribution in [3.63, 3.8) is 0 Å². The Morgan fingerprint density at radius 2 is 2.19 bits per heavy atom. The van der Waals surface area contributed by atoms with Crippen LogP contribution in [0.4, 0.5) is 13.2 Å². The molecule has 0 aliphatic carbocycles. The number of amides is 1. The molecule has 1 aliphatic heterocycles. The first-order valence-electron chi connectivity index (χ1n) is 4.74. The van der Waals surface area contributed by atoms with Gasteiger partial charge in [-0.1, -0.05) is 0 Å². The van der Waals surface area contributed by atoms with E-state index in [1.807, 2.05) is 5.32 Å². The minimum atomic E-state index is -4.74. The van der Waals surface area contributed by atoms with Gasteiger partial charge in [0.05, 0.1) is 18.7 Å². The molecule has 0 aromatic carbocycles. The molecule has 94 valence electrons. The van der Waals surface area contributed by atoms with E-state index in [2.05, 4.69) is 5.32 Å². The first-order chi connectivity index (χ1) is 7.30. The van der Waals surface area contributed by atoms with E-state index >= 15 is 0 Å². The number of aliphatic hydroxyl groups excluding tert-OH is 2. The predicted octanol–water partition coefficient (Wildman–Crippen LogP) is -1.25. The fraction of sp³-hybridized carbons (Fsp3) is 0.875. The number of carbonyl (C=O) groups excluding carboxylic acids is 1. The number of halogens is 3. The highest BCUT2D eigenvalue weighted by atomic mass is 19.4. The molecule has 1 amide bonds. The van der Waals surface area contributed by atoms with Gasteiger partial charge >= 0.3 is 6.18 Å². The molecule has 3 unspecified atom stereocenters. The van der Waals surface area contributed by atoms with Crippen molar-refractivity contribution < 1.29 is 28.2 Å². The van der Waals surface area contributed by atoms with Crippen LogP contribution < -0.4 is 10.6 Å². The number of nitrogens with one attached hydrogen (secondary N) is 2. The van der Waals surface area contributed by atoms with E-state index in [0.29, 0.717) is 0 Å². The standard InChI is InChI=1S/C8H13F3N2O3/c9-8(10,11)6(15)3-13-7(16)5-1-4(14)2-12-5/h4-6,12,14-15H,1-3H2,(H,13,16). The Balaban J connectivity index is 2.30. The summed E-state index contributed by atoms with van der Waals surface area (Å²) in [7, 11) is 0. The fourth-order valence-corrected chi connectivity index (χ4v) is 1.35. The van der Waals surface area contributed by atoms with Gasteiger partial charge in [-0.25, -0.2) is 0 Å². The molecule has 0 aromatic heterocycles. The van der Waals surface area contributed by atoms with Crippen molar-refractivity contribution in [1.29, 1.82) is 0 Å². The summed E-state index contributed by atoms with van der Waals surface area (Å²) in [5, 5.41) is 22.3. The second-order valence-electron chi connectivity index (χ2n) is 3.65. The molecule has 3 atom stereocenters. The second-order valence-corrected chi connectivity index (χ2v) is 3.65. The molecule has 0 aromatic rings. The van der Waals surface area contributed by atoms with Gasteiger partial charge in [-0.2, -0.15) is 13.2 Å². The van der Waals surface area contributed by atoms with Gasteiger partial charge in [-0.3, -0.25) is 4.79 Å². The molecular formula is C8H13F3N2O3. The van der Waals surface area contributed by atoms with Crippen LogP contribution in [0, 0.1) is 0 Å². The van der Waals surface area contributed by atoms with Crippen molar-refractivity contribution in [2.45, 2.75) is 30.8 Å². The van der Waals surface area contributed by atoms with Crippen LogP contribution in [0.5, 0.6) is 0 Å². The highest BCUT2D eigenvalue weighted by Gasteiger charge is 2.38. The van der Waals surface area contributed by atoms with E-state index in [9.17, 15) is 18.0 Å². The Morgan fingerprint density at radius 3 is 2.62 bits per heavy atom. The van der Waals surface area contributed by atoms with Crippen LogP contribution in [0.3, 0.4) is 0 Å². The average molecular weight is 242 g/mol. The number of alkyl halides is 3. The smallest absolute Gasteiger partial charge is 0.392 e. The normalized spacial score (nSPS) is 27.8. The Kier molecular flexibility index (Phi) is 4.11. The van der Waals surface area contributed by atoms with Crippen molar-refractivity contribution in [2.75, 3.05) is 13.1 Å². The lowest BCUT2D eigenvalue weighted by molar-refractivity contribution is -0.201. The fourth-order valence-electron chi connectivity index (χ4n) is 1.35. The van der Waals surface area contributed by atoms with Gasteiger partial charge in [0.15, 0.2) is 6.10 Å². The van der Waals surface area contributed by atoms with Crippen molar-refractivity contribution in [3.05, 3.63) is 0 Å². The average Bonchev–Trinajstić information content (AvgIpc) is 2.59. The van der Waals surface area contributed by atoms with Gasteiger partial charge in [0.2, 0.25) is 5.91 Å². The van der Waals surface area contributed by atoms with Crippen LogP contribution in [0.25, 0.3) is 0 Å². The van der Waals surface area contributed by atoms with E-state index in [1.165, 1.54) is 0 Å².